The third kappa shape index (κ3) is 5.89. The highest BCUT2D eigenvalue weighted by molar-refractivity contribution is 5.73. The van der Waals surface area contributed by atoms with Gasteiger partial charge in [0.25, 0.3) is 0 Å². The number of imidazole rings is 1. The summed E-state index contributed by atoms with van der Waals surface area (Å²) in [5.74, 6) is -0.180. The lowest BCUT2D eigenvalue weighted by Crippen LogP contribution is -2.15. The van der Waals surface area contributed by atoms with E-state index in [0.29, 0.717) is 23.1 Å². The molecule has 2 aromatic carbocycles. The van der Waals surface area contributed by atoms with E-state index >= 15 is 0 Å². The molecular formula is C25H23F4N5O. The summed E-state index contributed by atoms with van der Waals surface area (Å²) >= 11 is 0. The minimum Gasteiger partial charge on any atom is -0.437 e. The van der Waals surface area contributed by atoms with E-state index < -0.39 is 18.4 Å². The van der Waals surface area contributed by atoms with Crippen LogP contribution in [0.25, 0.3) is 16.9 Å². The van der Waals surface area contributed by atoms with Crippen molar-refractivity contribution in [1.29, 1.82) is 0 Å². The van der Waals surface area contributed by atoms with E-state index in [1.807, 2.05) is 24.3 Å². The number of nitrogens with zero attached hydrogens (tertiary/aromatic N) is 3. The Balaban J connectivity index is 1.46. The molecule has 0 spiro atoms. The van der Waals surface area contributed by atoms with Gasteiger partial charge in [-0.25, -0.2) is 13.9 Å². The van der Waals surface area contributed by atoms with Crippen LogP contribution in [0.3, 0.4) is 0 Å². The van der Waals surface area contributed by atoms with Gasteiger partial charge < -0.3 is 15.4 Å². The first kappa shape index (κ1) is 23.1. The molecule has 2 heterocycles. The molecule has 1 aliphatic rings. The van der Waals surface area contributed by atoms with Crippen molar-refractivity contribution in [3.8, 4) is 22.9 Å². The van der Waals surface area contributed by atoms with Crippen molar-refractivity contribution in [3.05, 3.63) is 72.2 Å². The van der Waals surface area contributed by atoms with Gasteiger partial charge >= 0.3 is 6.18 Å². The van der Waals surface area contributed by atoms with Crippen molar-refractivity contribution in [2.24, 2.45) is 0 Å². The predicted octanol–water partition coefficient (Wildman–Crippen LogP) is 5.94. The van der Waals surface area contributed by atoms with Crippen molar-refractivity contribution in [3.63, 3.8) is 0 Å². The van der Waals surface area contributed by atoms with Crippen LogP contribution in [0.2, 0.25) is 0 Å². The van der Waals surface area contributed by atoms with Gasteiger partial charge in [-0.05, 0) is 30.5 Å². The van der Waals surface area contributed by atoms with Crippen LogP contribution in [0.4, 0.5) is 23.2 Å². The summed E-state index contributed by atoms with van der Waals surface area (Å²) in [4.78, 5) is 4.39. The highest BCUT2D eigenvalue weighted by Crippen LogP contribution is 2.30. The highest BCUT2D eigenvalue weighted by atomic mass is 19.4. The molecule has 0 bridgehead atoms. The van der Waals surface area contributed by atoms with Crippen LogP contribution in [0.1, 0.15) is 24.8 Å². The molecule has 0 saturated heterocycles. The molecule has 2 N–H and O–H groups in total. The van der Waals surface area contributed by atoms with Gasteiger partial charge in [-0.2, -0.15) is 13.2 Å². The summed E-state index contributed by atoms with van der Waals surface area (Å²) in [7, 11) is 0. The van der Waals surface area contributed by atoms with E-state index in [9.17, 15) is 17.6 Å². The fourth-order valence-corrected chi connectivity index (χ4v) is 3.66. The lowest BCUT2D eigenvalue weighted by atomic mass is 10.1. The van der Waals surface area contributed by atoms with E-state index in [4.69, 9.17) is 4.74 Å². The summed E-state index contributed by atoms with van der Waals surface area (Å²) in [5, 5.41) is 10.7. The number of aromatic nitrogens is 3. The van der Waals surface area contributed by atoms with Crippen LogP contribution >= 0.6 is 0 Å². The molecule has 4 aromatic rings. The topological polar surface area (TPSA) is 63.5 Å². The van der Waals surface area contributed by atoms with Gasteiger partial charge in [0.15, 0.2) is 5.65 Å². The average molecular weight is 485 g/mol. The van der Waals surface area contributed by atoms with Gasteiger partial charge in [0, 0.05) is 36.8 Å². The monoisotopic (exact) mass is 485 g/mol. The number of hydrogen-bond acceptors (Lipinski definition) is 5. The summed E-state index contributed by atoms with van der Waals surface area (Å²) < 4.78 is 59.0. The molecule has 0 radical (unpaired) electrons. The maximum Gasteiger partial charge on any atom is 0.390 e. The normalized spacial score (nSPS) is 13.8. The van der Waals surface area contributed by atoms with Gasteiger partial charge in [-0.3, -0.25) is 0 Å². The third-order valence-electron chi connectivity index (χ3n) is 5.61. The zero-order valence-electron chi connectivity index (χ0n) is 18.6. The molecule has 0 unspecified atom stereocenters. The smallest absolute Gasteiger partial charge is 0.390 e. The van der Waals surface area contributed by atoms with Gasteiger partial charge in [-0.15, -0.1) is 5.10 Å². The molecular weight excluding hydrogens is 462 g/mol. The van der Waals surface area contributed by atoms with Gasteiger partial charge in [0.05, 0.1) is 24.0 Å². The van der Waals surface area contributed by atoms with Crippen LogP contribution in [-0.4, -0.2) is 33.4 Å². The second kappa shape index (κ2) is 9.53. The Morgan fingerprint density at radius 1 is 1.06 bits per heavy atom. The summed E-state index contributed by atoms with van der Waals surface area (Å²) in [5.41, 5.74) is 3.31. The Bertz CT molecular complexity index is 1320. The van der Waals surface area contributed by atoms with E-state index in [1.54, 1.807) is 12.3 Å². The first-order chi connectivity index (χ1) is 16.8. The molecule has 10 heteroatoms. The Labute approximate surface area is 198 Å². The van der Waals surface area contributed by atoms with E-state index in [-0.39, 0.29) is 18.2 Å². The minimum atomic E-state index is -4.30. The van der Waals surface area contributed by atoms with Gasteiger partial charge in [0.1, 0.15) is 11.6 Å². The molecule has 0 atom stereocenters. The summed E-state index contributed by atoms with van der Waals surface area (Å²) in [6, 6.07) is 15.5. The fraction of sp³-hybridized carbons (Fsp3) is 0.280. The molecule has 1 aliphatic carbocycles. The third-order valence-corrected chi connectivity index (χ3v) is 5.61. The van der Waals surface area contributed by atoms with Gasteiger partial charge in [0.2, 0.25) is 5.88 Å². The second-order valence-corrected chi connectivity index (χ2v) is 8.48. The fourth-order valence-electron chi connectivity index (χ4n) is 3.66. The van der Waals surface area contributed by atoms with Crippen molar-refractivity contribution >= 4 is 11.3 Å². The van der Waals surface area contributed by atoms with Crippen molar-refractivity contribution in [1.82, 2.24) is 19.9 Å². The molecule has 182 valence electrons. The summed E-state index contributed by atoms with van der Waals surface area (Å²) in [6.45, 7) is 0.447. The quantitative estimate of drug-likeness (QED) is 0.287. The number of hydrogen-bond donors (Lipinski definition) is 2. The molecule has 1 fully saturated rings. The van der Waals surface area contributed by atoms with Crippen LogP contribution in [0, 0.1) is 5.82 Å². The van der Waals surface area contributed by atoms with Crippen molar-refractivity contribution < 1.29 is 22.3 Å². The molecule has 0 amide bonds. The molecule has 35 heavy (non-hydrogen) atoms. The van der Waals surface area contributed by atoms with Gasteiger partial charge in [-0.1, -0.05) is 30.3 Å². The zero-order chi connectivity index (χ0) is 24.4. The first-order valence-corrected chi connectivity index (χ1v) is 11.3. The minimum absolute atomic E-state index is 0.0853. The number of alkyl halides is 3. The van der Waals surface area contributed by atoms with E-state index in [2.05, 4.69) is 20.7 Å². The van der Waals surface area contributed by atoms with Crippen LogP contribution in [0.15, 0.2) is 60.8 Å². The average Bonchev–Trinajstić information content (AvgIpc) is 3.55. The first-order valence-electron chi connectivity index (χ1n) is 11.3. The number of anilines is 1. The molecule has 1 saturated carbocycles. The van der Waals surface area contributed by atoms with Crippen LogP contribution in [0.5, 0.6) is 11.6 Å². The lowest BCUT2D eigenvalue weighted by molar-refractivity contribution is -0.131. The molecule has 5 rings (SSSR count). The van der Waals surface area contributed by atoms with E-state index in [1.165, 1.54) is 41.6 Å². The lowest BCUT2D eigenvalue weighted by Gasteiger charge is -2.13. The maximum absolute atomic E-state index is 13.6. The standard InChI is InChI=1S/C25H23F4N5O/c26-18-2-1-3-20(12-18)35-23-13-21(30-11-10-25(27,28)29)24-32-15-22(34(24)33-23)17-6-4-16(5-7-17)14-31-19-8-9-19/h1-7,12-13,15,19,30-31H,8-11,14H2. The molecule has 0 aliphatic heterocycles. The number of ether oxygens (including phenoxy) is 1. The predicted molar refractivity (Wildman–Crippen MR) is 124 cm³/mol. The van der Waals surface area contributed by atoms with Crippen LogP contribution in [-0.2, 0) is 6.54 Å². The SMILES string of the molecule is Fc1cccc(Oc2cc(NCCC(F)(F)F)c3ncc(-c4ccc(CNC5CC5)cc4)n3n2)c1. The number of benzene rings is 2. The van der Waals surface area contributed by atoms with Crippen molar-refractivity contribution in [2.75, 3.05) is 11.9 Å². The van der Waals surface area contributed by atoms with Crippen LogP contribution < -0.4 is 15.4 Å². The molecule has 6 nitrogen and oxygen atoms in total. The maximum atomic E-state index is 13.6. The Morgan fingerprint density at radius 3 is 2.57 bits per heavy atom. The molecule has 2 aromatic heterocycles. The number of halogens is 4. The second-order valence-electron chi connectivity index (χ2n) is 8.48. The zero-order valence-corrected chi connectivity index (χ0v) is 18.6. The summed E-state index contributed by atoms with van der Waals surface area (Å²) in [6.07, 6.45) is -1.27. The Morgan fingerprint density at radius 2 is 1.86 bits per heavy atom. The number of rotatable bonds is 9. The Kier molecular flexibility index (Phi) is 6.29. The van der Waals surface area contributed by atoms with Crippen molar-refractivity contribution in [2.45, 2.75) is 38.0 Å². The Hall–Kier alpha value is -3.66. The van der Waals surface area contributed by atoms with E-state index in [0.717, 1.165) is 17.7 Å². The number of nitrogens with one attached hydrogen (secondary N) is 2. The highest BCUT2D eigenvalue weighted by Gasteiger charge is 2.26. The largest absolute Gasteiger partial charge is 0.437 e. The number of fused-ring (bicyclic) bond motifs is 1.